The van der Waals surface area contributed by atoms with Crippen LogP contribution in [0.15, 0.2) is 35.1 Å². The van der Waals surface area contributed by atoms with E-state index in [2.05, 4.69) is 21.3 Å². The molecule has 2 aliphatic rings. The number of pyridine rings is 1. The van der Waals surface area contributed by atoms with E-state index in [0.29, 0.717) is 36.6 Å². The van der Waals surface area contributed by atoms with Crippen molar-refractivity contribution in [2.45, 2.75) is 38.6 Å². The monoisotopic (exact) mass is 427 g/mol. The highest BCUT2D eigenvalue weighted by molar-refractivity contribution is 6.31. The zero-order chi connectivity index (χ0) is 21.1. The van der Waals surface area contributed by atoms with Gasteiger partial charge in [-0.3, -0.25) is 19.3 Å². The highest BCUT2D eigenvalue weighted by atomic mass is 35.5. The van der Waals surface area contributed by atoms with Crippen LogP contribution in [0.2, 0.25) is 5.02 Å². The summed E-state index contributed by atoms with van der Waals surface area (Å²) in [4.78, 5) is 42.1. The third-order valence-corrected chi connectivity index (χ3v) is 6.48. The number of nitrogens with zero attached hydrogens (tertiary/aromatic N) is 1. The van der Waals surface area contributed by atoms with Gasteiger partial charge >= 0.3 is 0 Å². The molecule has 158 valence electrons. The first kappa shape index (κ1) is 20.8. The fourth-order valence-electron chi connectivity index (χ4n) is 4.29. The van der Waals surface area contributed by atoms with Gasteiger partial charge in [-0.1, -0.05) is 29.8 Å². The summed E-state index contributed by atoms with van der Waals surface area (Å²) in [7, 11) is 0. The number of hydrogen-bond donors (Lipinski definition) is 2. The number of likely N-dealkylation sites (tertiary alicyclic amines) is 1. The molecule has 1 amide bonds. The van der Waals surface area contributed by atoms with E-state index in [0.717, 1.165) is 49.5 Å². The molecular weight excluding hydrogens is 402 g/mol. The quantitative estimate of drug-likeness (QED) is 0.767. The number of carbonyl (C=O) groups is 2. The molecule has 1 fully saturated rings. The Kier molecular flexibility index (Phi) is 6.35. The Morgan fingerprint density at radius 1 is 1.17 bits per heavy atom. The van der Waals surface area contributed by atoms with Crippen LogP contribution < -0.4 is 10.9 Å². The molecule has 30 heavy (non-hydrogen) atoms. The van der Waals surface area contributed by atoms with Crippen LogP contribution in [0.5, 0.6) is 0 Å². The molecule has 0 saturated carbocycles. The summed E-state index contributed by atoms with van der Waals surface area (Å²) in [6.45, 7) is 3.25. The Bertz CT molecular complexity index is 1010. The lowest BCUT2D eigenvalue weighted by Gasteiger charge is -2.32. The number of amides is 1. The van der Waals surface area contributed by atoms with Gasteiger partial charge in [0.15, 0.2) is 5.78 Å². The van der Waals surface area contributed by atoms with Gasteiger partial charge in [0.2, 0.25) is 0 Å². The van der Waals surface area contributed by atoms with E-state index in [9.17, 15) is 14.4 Å². The first-order valence-electron chi connectivity index (χ1n) is 10.5. The van der Waals surface area contributed by atoms with Crippen molar-refractivity contribution >= 4 is 23.3 Å². The van der Waals surface area contributed by atoms with Crippen molar-refractivity contribution in [2.75, 3.05) is 19.6 Å². The van der Waals surface area contributed by atoms with Crippen LogP contribution in [0.25, 0.3) is 0 Å². The highest BCUT2D eigenvalue weighted by Crippen LogP contribution is 2.22. The van der Waals surface area contributed by atoms with Gasteiger partial charge in [-0.15, -0.1) is 0 Å². The number of H-pyrrole nitrogens is 1. The number of nitrogens with one attached hydrogen (secondary N) is 2. The molecule has 1 aliphatic heterocycles. The molecule has 6 nitrogen and oxygen atoms in total. The Balaban J connectivity index is 1.30. The minimum atomic E-state index is -0.421. The molecule has 1 aromatic carbocycles. The zero-order valence-corrected chi connectivity index (χ0v) is 17.6. The number of aromatic nitrogens is 1. The Hall–Kier alpha value is -2.44. The Labute approximate surface area is 180 Å². The minimum absolute atomic E-state index is 0.00700. The summed E-state index contributed by atoms with van der Waals surface area (Å²) >= 11 is 6.26. The molecular formula is C23H26ClN3O3. The third kappa shape index (κ3) is 4.65. The van der Waals surface area contributed by atoms with Gasteiger partial charge in [-0.05, 0) is 62.4 Å². The van der Waals surface area contributed by atoms with Gasteiger partial charge < -0.3 is 10.3 Å². The summed E-state index contributed by atoms with van der Waals surface area (Å²) in [6, 6.07) is 9.37. The van der Waals surface area contributed by atoms with Crippen molar-refractivity contribution in [1.82, 2.24) is 15.2 Å². The number of aryl methyl sites for hydroxylation is 1. The Morgan fingerprint density at radius 2 is 1.93 bits per heavy atom. The molecule has 0 atom stereocenters. The standard InChI is InChI=1S/C23H26ClN3O3/c24-19-5-2-1-4-16(19)14-27-10-8-15(9-11-27)13-25-22(29)18-12-17-20(26-23(18)30)6-3-7-21(17)28/h1-2,4-5,12,15H,3,6-11,13-14H2,(H,25,29)(H,26,30). The topological polar surface area (TPSA) is 82.3 Å². The van der Waals surface area contributed by atoms with Crippen LogP contribution in [-0.4, -0.2) is 41.2 Å². The number of carbonyl (C=O) groups excluding carboxylic acids is 2. The lowest BCUT2D eigenvalue weighted by atomic mass is 9.93. The lowest BCUT2D eigenvalue weighted by molar-refractivity contribution is 0.0933. The number of rotatable bonds is 5. The predicted molar refractivity (Wildman–Crippen MR) is 116 cm³/mol. The van der Waals surface area contributed by atoms with Crippen LogP contribution in [0.3, 0.4) is 0 Å². The molecule has 0 radical (unpaired) electrons. The second kappa shape index (κ2) is 9.14. The van der Waals surface area contributed by atoms with Crippen LogP contribution in [0.4, 0.5) is 0 Å². The highest BCUT2D eigenvalue weighted by Gasteiger charge is 2.24. The van der Waals surface area contributed by atoms with E-state index >= 15 is 0 Å². The largest absolute Gasteiger partial charge is 0.352 e. The second-order valence-electron chi connectivity index (χ2n) is 8.20. The van der Waals surface area contributed by atoms with Crippen LogP contribution >= 0.6 is 11.6 Å². The van der Waals surface area contributed by atoms with Gasteiger partial charge in [-0.2, -0.15) is 0 Å². The minimum Gasteiger partial charge on any atom is -0.352 e. The number of halogens is 1. The SMILES string of the molecule is O=C1CCCc2[nH]c(=O)c(C(=O)NCC3CCN(Cc4ccccc4Cl)CC3)cc21. The van der Waals surface area contributed by atoms with Crippen molar-refractivity contribution in [3.63, 3.8) is 0 Å². The van der Waals surface area contributed by atoms with E-state index in [4.69, 9.17) is 11.6 Å². The molecule has 2 aromatic rings. The molecule has 2 N–H and O–H groups in total. The smallest absolute Gasteiger partial charge is 0.261 e. The fraction of sp³-hybridized carbons (Fsp3) is 0.435. The molecule has 1 aromatic heterocycles. The maximum atomic E-state index is 12.6. The summed E-state index contributed by atoms with van der Waals surface area (Å²) in [5.41, 5.74) is 1.88. The first-order valence-corrected chi connectivity index (χ1v) is 10.9. The van der Waals surface area contributed by atoms with E-state index in [1.54, 1.807) is 0 Å². The average Bonchev–Trinajstić information content (AvgIpc) is 2.74. The van der Waals surface area contributed by atoms with Crippen LogP contribution in [0.1, 0.15) is 57.7 Å². The fourth-order valence-corrected chi connectivity index (χ4v) is 4.49. The second-order valence-corrected chi connectivity index (χ2v) is 8.61. The first-order chi connectivity index (χ1) is 14.5. The number of ketones is 1. The number of hydrogen-bond acceptors (Lipinski definition) is 4. The normalized spacial score (nSPS) is 17.6. The maximum absolute atomic E-state index is 12.6. The number of piperidine rings is 1. The molecule has 0 bridgehead atoms. The van der Waals surface area contributed by atoms with Crippen molar-refractivity contribution in [1.29, 1.82) is 0 Å². The van der Waals surface area contributed by atoms with Gasteiger partial charge in [-0.25, -0.2) is 0 Å². The summed E-state index contributed by atoms with van der Waals surface area (Å²) < 4.78 is 0. The van der Waals surface area contributed by atoms with Crippen molar-refractivity contribution in [2.24, 2.45) is 5.92 Å². The zero-order valence-electron chi connectivity index (χ0n) is 16.9. The maximum Gasteiger partial charge on any atom is 0.261 e. The van der Waals surface area contributed by atoms with Crippen LogP contribution in [0, 0.1) is 5.92 Å². The van der Waals surface area contributed by atoms with Gasteiger partial charge in [0.1, 0.15) is 5.56 Å². The van der Waals surface area contributed by atoms with Crippen molar-refractivity contribution < 1.29 is 9.59 Å². The van der Waals surface area contributed by atoms with Gasteiger partial charge in [0.05, 0.1) is 0 Å². The van der Waals surface area contributed by atoms with E-state index < -0.39 is 11.5 Å². The van der Waals surface area contributed by atoms with Crippen molar-refractivity contribution in [3.8, 4) is 0 Å². The third-order valence-electron chi connectivity index (χ3n) is 6.11. The molecule has 7 heteroatoms. The van der Waals surface area contributed by atoms with E-state index in [1.165, 1.54) is 6.07 Å². The molecule has 2 heterocycles. The summed E-state index contributed by atoms with van der Waals surface area (Å²) in [6.07, 6.45) is 3.83. The Morgan fingerprint density at radius 3 is 2.70 bits per heavy atom. The molecule has 4 rings (SSSR count). The predicted octanol–water partition coefficient (Wildman–Crippen LogP) is 3.19. The number of aromatic amines is 1. The van der Waals surface area contributed by atoms with E-state index in [1.807, 2.05) is 18.2 Å². The number of fused-ring (bicyclic) bond motifs is 1. The average molecular weight is 428 g/mol. The van der Waals surface area contributed by atoms with Gasteiger partial charge in [0, 0.05) is 35.8 Å². The molecule has 1 aliphatic carbocycles. The molecule has 1 saturated heterocycles. The molecule has 0 spiro atoms. The molecule has 0 unspecified atom stereocenters. The number of Topliss-reactive ketones (excluding diaryl/α,β-unsaturated/α-hetero) is 1. The van der Waals surface area contributed by atoms with E-state index in [-0.39, 0.29) is 11.3 Å². The summed E-state index contributed by atoms with van der Waals surface area (Å²) in [5.74, 6) is -0.0434. The van der Waals surface area contributed by atoms with Crippen LogP contribution in [-0.2, 0) is 13.0 Å². The van der Waals surface area contributed by atoms with Gasteiger partial charge in [0.25, 0.3) is 11.5 Å². The number of benzene rings is 1. The lowest BCUT2D eigenvalue weighted by Crippen LogP contribution is -2.39. The van der Waals surface area contributed by atoms with Crippen molar-refractivity contribution in [3.05, 3.63) is 68.1 Å². The summed E-state index contributed by atoms with van der Waals surface area (Å²) in [5, 5.41) is 3.69.